The van der Waals surface area contributed by atoms with E-state index >= 15 is 0 Å². The van der Waals surface area contributed by atoms with Gasteiger partial charge in [0.05, 0.1) is 11.9 Å². The van der Waals surface area contributed by atoms with E-state index in [0.717, 1.165) is 11.4 Å². The summed E-state index contributed by atoms with van der Waals surface area (Å²) in [6.45, 7) is -0.442. The van der Waals surface area contributed by atoms with Crippen LogP contribution in [0.15, 0.2) is 109 Å². The normalized spacial score (nSPS) is 9.02. The number of aromatic nitrogens is 2. The Bertz CT molecular complexity index is 1080. The predicted octanol–water partition coefficient (Wildman–Crippen LogP) is 0.861. The van der Waals surface area contributed by atoms with Gasteiger partial charge in [-0.05, 0) is 48.5 Å². The molecule has 2 aromatic heterocycles. The Morgan fingerprint density at radius 2 is 0.927 bits per heavy atom. The average Bonchev–Trinajstić information content (AvgIpc) is 2.99. The first-order valence-electron chi connectivity index (χ1n) is 12.2. The van der Waals surface area contributed by atoms with Crippen molar-refractivity contribution in [3.05, 3.63) is 121 Å². The maximum atomic E-state index is 9.94. The largest absolute Gasteiger partial charge is 2.00 e. The van der Waals surface area contributed by atoms with Gasteiger partial charge in [-0.2, -0.15) is 0 Å². The van der Waals surface area contributed by atoms with Gasteiger partial charge in [-0.3, -0.25) is 9.97 Å². The molecule has 4 rings (SSSR count). The molecule has 2 aromatic carbocycles. The van der Waals surface area contributed by atoms with Crippen molar-refractivity contribution in [3.63, 3.8) is 0 Å². The van der Waals surface area contributed by atoms with Crippen LogP contribution >= 0.6 is 0 Å². The molecule has 0 bridgehead atoms. The Labute approximate surface area is 249 Å². The monoisotopic (exact) mass is 607 g/mol. The Morgan fingerprint density at radius 1 is 0.585 bits per heavy atom. The summed E-state index contributed by atoms with van der Waals surface area (Å²) in [6.07, 6.45) is 4.76. The van der Waals surface area contributed by atoms with Crippen LogP contribution in [0.2, 0.25) is 0 Å². The number of benzene rings is 2. The summed E-state index contributed by atoms with van der Waals surface area (Å²) < 4.78 is 9.61. The molecule has 0 saturated carbocycles. The summed E-state index contributed by atoms with van der Waals surface area (Å²) >= 11 is 0. The second-order valence-corrected chi connectivity index (χ2v) is 7.54. The number of carboxylic acid groups (broad SMARTS) is 2. The van der Waals surface area contributed by atoms with E-state index in [4.69, 9.17) is 19.7 Å². The summed E-state index contributed by atoms with van der Waals surface area (Å²) in [5, 5.41) is 36.8. The Kier molecular flexibility index (Phi) is 22.1. The van der Waals surface area contributed by atoms with Crippen molar-refractivity contribution in [2.45, 2.75) is 12.8 Å². The second kappa shape index (κ2) is 24.7. The van der Waals surface area contributed by atoms with Crippen LogP contribution in [0.3, 0.4) is 0 Å². The van der Waals surface area contributed by atoms with Crippen LogP contribution in [0.1, 0.15) is 11.4 Å². The summed E-state index contributed by atoms with van der Waals surface area (Å²) in [5.41, 5.74) is 1.89. The maximum absolute atomic E-state index is 9.94. The van der Waals surface area contributed by atoms with Gasteiger partial charge in [-0.25, -0.2) is 0 Å². The zero-order valence-electron chi connectivity index (χ0n) is 22.2. The average molecular weight is 608 g/mol. The third-order valence-electron chi connectivity index (χ3n) is 4.39. The molecule has 41 heavy (non-hydrogen) atoms. The number of carbonyl (C=O) groups excluding carboxylic acids is 2. The fraction of sp³-hybridized carbons (Fsp3) is 0.200. The van der Waals surface area contributed by atoms with E-state index in [1.54, 1.807) is 60.9 Å². The minimum absolute atomic E-state index is 0. The quantitative estimate of drug-likeness (QED) is 0.264. The number of carbonyl (C=O) groups is 2. The fourth-order valence-electron chi connectivity index (χ4n) is 2.64. The fourth-order valence-corrected chi connectivity index (χ4v) is 2.64. The third kappa shape index (κ3) is 21.2. The van der Waals surface area contributed by atoms with Gasteiger partial charge in [0.25, 0.3) is 0 Å². The first kappa shape index (κ1) is 36.7. The molecule has 11 heteroatoms. The van der Waals surface area contributed by atoms with Crippen molar-refractivity contribution in [2.75, 3.05) is 26.4 Å². The van der Waals surface area contributed by atoms with Crippen molar-refractivity contribution >= 4 is 11.9 Å². The van der Waals surface area contributed by atoms with Crippen LogP contribution in [0, 0.1) is 0 Å². The number of nitrogens with zero attached hydrogens (tertiary/aromatic N) is 2. The van der Waals surface area contributed by atoms with E-state index in [1.165, 1.54) is 0 Å². The van der Waals surface area contributed by atoms with Gasteiger partial charge in [0.2, 0.25) is 0 Å². The van der Waals surface area contributed by atoms with Crippen LogP contribution in [0.5, 0.6) is 11.5 Å². The van der Waals surface area contributed by atoms with Crippen LogP contribution in [0.4, 0.5) is 0 Å². The van der Waals surface area contributed by atoms with E-state index in [0.29, 0.717) is 24.3 Å². The van der Waals surface area contributed by atoms with Crippen LogP contribution in [-0.4, -0.2) is 58.5 Å². The van der Waals surface area contributed by atoms with Crippen molar-refractivity contribution in [1.82, 2.24) is 9.97 Å². The first-order chi connectivity index (χ1) is 19.4. The van der Waals surface area contributed by atoms with E-state index in [9.17, 15) is 19.8 Å². The minimum atomic E-state index is -1.21. The maximum Gasteiger partial charge on any atom is 2.00 e. The number of rotatable bonds is 10. The van der Waals surface area contributed by atoms with Crippen LogP contribution < -0.4 is 19.7 Å². The molecule has 4 aromatic rings. The van der Waals surface area contributed by atoms with Gasteiger partial charge >= 0.3 is 16.8 Å². The van der Waals surface area contributed by atoms with Gasteiger partial charge in [-0.15, -0.1) is 0 Å². The van der Waals surface area contributed by atoms with Crippen LogP contribution in [0.25, 0.3) is 0 Å². The number of hydrogen-bond acceptors (Lipinski definition) is 10. The Hall–Kier alpha value is -4.29. The van der Waals surface area contributed by atoms with E-state index in [2.05, 4.69) is 9.97 Å². The molecule has 2 N–H and O–H groups in total. The zero-order valence-corrected chi connectivity index (χ0v) is 23.2. The molecule has 0 aliphatic heterocycles. The van der Waals surface area contributed by atoms with Gasteiger partial charge in [-0.1, -0.05) is 48.5 Å². The van der Waals surface area contributed by atoms with Crippen molar-refractivity contribution < 1.29 is 56.3 Å². The van der Waals surface area contributed by atoms with Gasteiger partial charge in [0, 0.05) is 49.8 Å². The van der Waals surface area contributed by atoms with Gasteiger partial charge in [0.15, 0.2) is 0 Å². The molecule has 1 radical (unpaired) electrons. The number of aliphatic carboxylic acids is 2. The molecule has 0 saturated heterocycles. The third-order valence-corrected chi connectivity index (χ3v) is 4.39. The van der Waals surface area contributed by atoms with Crippen LogP contribution in [-0.2, 0) is 39.2 Å². The number of pyridine rings is 2. The number of aliphatic hydroxyl groups is 2. The molecule has 0 aliphatic rings. The second-order valence-electron chi connectivity index (χ2n) is 7.54. The predicted molar refractivity (Wildman–Crippen MR) is 144 cm³/mol. The number of para-hydroxylation sites is 2. The molecule has 2 heterocycles. The molecule has 0 spiro atoms. The summed E-state index contributed by atoms with van der Waals surface area (Å²) in [6, 6.07) is 28.8. The van der Waals surface area contributed by atoms with Crippen molar-refractivity contribution in [1.29, 1.82) is 0 Å². The SMILES string of the molecule is O=C([O-])COc1ccccc1.O=C([O-])COc1ccccc1.OCCc1ccccn1.OCCc1ccccn1.[Co+2]. The summed E-state index contributed by atoms with van der Waals surface area (Å²) in [7, 11) is 0. The minimum Gasteiger partial charge on any atom is -0.546 e. The molecule has 0 amide bonds. The smallest absolute Gasteiger partial charge is 0.546 e. The van der Waals surface area contributed by atoms with Gasteiger partial charge in [0.1, 0.15) is 24.7 Å². The first-order valence-corrected chi connectivity index (χ1v) is 12.2. The molecule has 0 aliphatic carbocycles. The topological polar surface area (TPSA) is 165 Å². The molecule has 219 valence electrons. The Morgan fingerprint density at radius 3 is 1.20 bits per heavy atom. The van der Waals surface area contributed by atoms with E-state index in [1.807, 2.05) is 48.5 Å². The molecule has 10 nitrogen and oxygen atoms in total. The molecule has 0 fully saturated rings. The molecular formula is C30H32CoN2O8. The number of ether oxygens (including phenoxy) is 2. The zero-order chi connectivity index (χ0) is 29.3. The van der Waals surface area contributed by atoms with Crippen molar-refractivity contribution in [2.24, 2.45) is 0 Å². The molecule has 0 unspecified atom stereocenters. The van der Waals surface area contributed by atoms with E-state index < -0.39 is 25.2 Å². The molecular weight excluding hydrogens is 575 g/mol. The van der Waals surface area contributed by atoms with Crippen molar-refractivity contribution in [3.8, 4) is 11.5 Å². The number of aliphatic hydroxyl groups excluding tert-OH is 2. The number of hydrogen-bond donors (Lipinski definition) is 2. The number of carboxylic acids is 2. The Balaban J connectivity index is 0.000000518. The summed E-state index contributed by atoms with van der Waals surface area (Å²) in [5.74, 6) is -1.35. The molecule has 0 atom stereocenters. The van der Waals surface area contributed by atoms with E-state index in [-0.39, 0.29) is 30.0 Å². The van der Waals surface area contributed by atoms with Gasteiger partial charge < -0.3 is 39.5 Å². The standard InChI is InChI=1S/2C8H8O3.2C7H9NO.Co/c2*9-8(10)6-11-7-4-2-1-3-5-7;2*9-6-4-7-3-1-2-5-8-7;/h2*1-5H,6H2,(H,9,10);2*1-3,5,9H,4,6H2;/q;;;;+2/p-2. The summed E-state index contributed by atoms with van der Waals surface area (Å²) in [4.78, 5) is 27.9.